The van der Waals surface area contributed by atoms with Crippen LogP contribution in [0.3, 0.4) is 0 Å². The van der Waals surface area contributed by atoms with Crippen molar-refractivity contribution in [3.8, 4) is 0 Å². The predicted octanol–water partition coefficient (Wildman–Crippen LogP) is -0.273. The first-order chi connectivity index (χ1) is 5.16. The number of nitrogens with zero attached hydrogens (tertiary/aromatic N) is 1. The average Bonchev–Trinajstić information content (AvgIpc) is 2.01. The Kier molecular flexibility index (Phi) is 1.96. The molecule has 4 heteroatoms. The van der Waals surface area contributed by atoms with Crippen LogP contribution in [0.5, 0.6) is 0 Å². The fraction of sp³-hybridized carbons (Fsp3) is 0.286. The van der Waals surface area contributed by atoms with Crippen molar-refractivity contribution in [3.63, 3.8) is 0 Å². The van der Waals surface area contributed by atoms with Gasteiger partial charge in [0.2, 0.25) is 6.23 Å². The minimum Gasteiger partial charge on any atom is -0.475 e. The molecule has 0 spiro atoms. The maximum absolute atomic E-state index is 10.3. The Morgan fingerprint density at radius 1 is 1.82 bits per heavy atom. The smallest absolute Gasteiger partial charge is 0.205 e. The third-order valence-electron chi connectivity index (χ3n) is 1.56. The van der Waals surface area contributed by atoms with Crippen LogP contribution in [0, 0.1) is 0 Å². The van der Waals surface area contributed by atoms with Crippen LogP contribution in [0.25, 0.3) is 0 Å². The van der Waals surface area contributed by atoms with Gasteiger partial charge in [-0.3, -0.25) is 4.79 Å². The molecule has 0 amide bonds. The Morgan fingerprint density at radius 3 is 3.00 bits per heavy atom. The van der Waals surface area contributed by atoms with Crippen LogP contribution in [0.4, 0.5) is 0 Å². The molecule has 2 radical (unpaired) electrons. The number of rotatable bonds is 1. The number of aldehydes is 1. The number of carbonyl (C=O) groups is 1. The summed E-state index contributed by atoms with van der Waals surface area (Å²) >= 11 is 0. The van der Waals surface area contributed by atoms with Crippen LogP contribution >= 0.6 is 0 Å². The highest BCUT2D eigenvalue weighted by molar-refractivity contribution is 5.80. The van der Waals surface area contributed by atoms with Gasteiger partial charge < -0.3 is 10.5 Å². The normalized spacial score (nSPS) is 24.2. The third kappa shape index (κ3) is 1.25. The number of allylic oxidation sites excluding steroid dienone is 1. The maximum atomic E-state index is 10.3. The van der Waals surface area contributed by atoms with E-state index in [4.69, 9.17) is 11.5 Å². The number of hydrogen-bond acceptors (Lipinski definition) is 3. The molecule has 1 aliphatic heterocycles. The number of ether oxygens (including phenoxy) is 1. The molecule has 1 aliphatic rings. The molecule has 2 N–H and O–H groups in total. The van der Waals surface area contributed by atoms with E-state index in [-0.39, 0.29) is 5.57 Å². The van der Waals surface area contributed by atoms with E-state index in [1.165, 1.54) is 0 Å². The van der Waals surface area contributed by atoms with Crippen LogP contribution in [0.2, 0.25) is 0 Å². The Bertz CT molecular complexity index is 243. The van der Waals surface area contributed by atoms with Gasteiger partial charge in [0.25, 0.3) is 0 Å². The van der Waals surface area contributed by atoms with E-state index in [2.05, 4.69) is 4.74 Å². The highest BCUT2D eigenvalue weighted by Gasteiger charge is 2.18. The molecule has 0 bridgehead atoms. The molecule has 0 aliphatic carbocycles. The molecule has 0 fully saturated rings. The quantitative estimate of drug-likeness (QED) is 0.525. The molecular formula is C7H8N2O2. The van der Waals surface area contributed by atoms with E-state index in [1.54, 1.807) is 6.92 Å². The Hall–Kier alpha value is -1.29. The summed E-state index contributed by atoms with van der Waals surface area (Å²) in [5, 5.41) is 0. The van der Waals surface area contributed by atoms with Crippen molar-refractivity contribution < 1.29 is 9.53 Å². The zero-order valence-electron chi connectivity index (χ0n) is 6.07. The second-order valence-corrected chi connectivity index (χ2v) is 2.28. The first-order valence-corrected chi connectivity index (χ1v) is 3.12. The molecule has 0 aromatic rings. The van der Waals surface area contributed by atoms with Crippen molar-refractivity contribution in [1.29, 1.82) is 0 Å². The maximum Gasteiger partial charge on any atom is 0.205 e. The Morgan fingerprint density at radius 2 is 2.45 bits per heavy atom. The van der Waals surface area contributed by atoms with Gasteiger partial charge in [0, 0.05) is 11.3 Å². The fourth-order valence-electron chi connectivity index (χ4n) is 0.755. The summed E-state index contributed by atoms with van der Waals surface area (Å²) in [5.41, 5.74) is 15.5. The second-order valence-electron chi connectivity index (χ2n) is 2.28. The third-order valence-corrected chi connectivity index (χ3v) is 1.56. The van der Waals surface area contributed by atoms with Crippen molar-refractivity contribution in [3.05, 3.63) is 23.1 Å². The van der Waals surface area contributed by atoms with Crippen LogP contribution in [-0.2, 0) is 9.53 Å². The van der Waals surface area contributed by atoms with Crippen LogP contribution in [0.1, 0.15) is 6.92 Å². The summed E-state index contributed by atoms with van der Waals surface area (Å²) in [6.45, 7) is 1.61. The molecule has 58 valence electrons. The molecule has 0 saturated heterocycles. The fourth-order valence-corrected chi connectivity index (χ4v) is 0.755. The monoisotopic (exact) mass is 152 g/mol. The summed E-state index contributed by atoms with van der Waals surface area (Å²) < 4.78 is 4.69. The van der Waals surface area contributed by atoms with Gasteiger partial charge in [-0.2, -0.15) is 0 Å². The minimum atomic E-state index is -1.02. The van der Waals surface area contributed by atoms with Gasteiger partial charge in [0.05, 0.1) is 11.8 Å². The van der Waals surface area contributed by atoms with E-state index in [9.17, 15) is 4.79 Å². The summed E-state index contributed by atoms with van der Waals surface area (Å²) in [6.07, 6.45) is 0.726. The van der Waals surface area contributed by atoms with E-state index >= 15 is 0 Å². The van der Waals surface area contributed by atoms with E-state index in [0.29, 0.717) is 17.6 Å². The Balaban J connectivity index is 2.99. The molecule has 11 heavy (non-hydrogen) atoms. The highest BCUT2D eigenvalue weighted by atomic mass is 16.5. The van der Waals surface area contributed by atoms with Crippen molar-refractivity contribution in [2.75, 3.05) is 0 Å². The Labute approximate surface area is 64.5 Å². The number of carbonyl (C=O) groups excluding carboxylic acids is 1. The largest absolute Gasteiger partial charge is 0.475 e. The standard InChI is InChI=1S/C7H8N2O2/c1-4-6(8)5(2-10)3-11-7(4)9/h2-3,7H,8H2,1H3. The lowest BCUT2D eigenvalue weighted by molar-refractivity contribution is -0.104. The second kappa shape index (κ2) is 2.75. The first-order valence-electron chi connectivity index (χ1n) is 3.12. The number of hydrogen-bond donors (Lipinski definition) is 1. The van der Waals surface area contributed by atoms with Crippen LogP contribution in [0.15, 0.2) is 23.1 Å². The molecular weight excluding hydrogens is 144 g/mol. The van der Waals surface area contributed by atoms with Crippen molar-refractivity contribution in [1.82, 2.24) is 5.73 Å². The molecule has 1 heterocycles. The lowest BCUT2D eigenvalue weighted by Gasteiger charge is -2.18. The van der Waals surface area contributed by atoms with Gasteiger partial charge >= 0.3 is 0 Å². The topological polar surface area (TPSA) is 74.6 Å². The van der Waals surface area contributed by atoms with E-state index in [0.717, 1.165) is 6.26 Å². The molecule has 0 aromatic heterocycles. The van der Waals surface area contributed by atoms with Crippen LogP contribution in [-0.4, -0.2) is 12.5 Å². The summed E-state index contributed by atoms with van der Waals surface area (Å²) in [4.78, 5) is 10.3. The molecule has 1 unspecified atom stereocenters. The highest BCUT2D eigenvalue weighted by Crippen LogP contribution is 2.17. The summed E-state index contributed by atoms with van der Waals surface area (Å²) in [6, 6.07) is 0. The summed E-state index contributed by atoms with van der Waals surface area (Å²) in [5.74, 6) is 0. The predicted molar refractivity (Wildman–Crippen MR) is 38.0 cm³/mol. The van der Waals surface area contributed by atoms with Crippen molar-refractivity contribution in [2.24, 2.45) is 5.73 Å². The summed E-state index contributed by atoms with van der Waals surface area (Å²) in [7, 11) is 0. The van der Waals surface area contributed by atoms with Crippen molar-refractivity contribution in [2.45, 2.75) is 13.2 Å². The van der Waals surface area contributed by atoms with Gasteiger partial charge in [-0.15, -0.1) is 0 Å². The van der Waals surface area contributed by atoms with Gasteiger partial charge in [-0.25, -0.2) is 0 Å². The van der Waals surface area contributed by atoms with Gasteiger partial charge in [0.1, 0.15) is 0 Å². The zero-order valence-corrected chi connectivity index (χ0v) is 6.07. The molecule has 1 atom stereocenters. The van der Waals surface area contributed by atoms with Crippen LogP contribution < -0.4 is 11.5 Å². The zero-order chi connectivity index (χ0) is 8.43. The average molecular weight is 152 g/mol. The lowest BCUT2D eigenvalue weighted by atomic mass is 10.1. The first kappa shape index (κ1) is 7.81. The molecule has 4 nitrogen and oxygen atoms in total. The van der Waals surface area contributed by atoms with E-state index in [1.807, 2.05) is 0 Å². The lowest BCUT2D eigenvalue weighted by Crippen LogP contribution is -2.23. The van der Waals surface area contributed by atoms with E-state index < -0.39 is 6.23 Å². The molecule has 0 saturated carbocycles. The SMILES string of the molecule is CC1=C(N)C(C=O)=COC1[N]. The van der Waals surface area contributed by atoms with Gasteiger partial charge in [0.15, 0.2) is 6.29 Å². The van der Waals surface area contributed by atoms with Gasteiger partial charge in [-0.1, -0.05) is 5.73 Å². The van der Waals surface area contributed by atoms with Crippen molar-refractivity contribution >= 4 is 6.29 Å². The number of nitrogens with two attached hydrogens (primary N) is 1. The minimum absolute atomic E-state index is 0.271. The molecule has 0 aromatic carbocycles. The molecule has 1 rings (SSSR count). The van der Waals surface area contributed by atoms with Gasteiger partial charge in [-0.05, 0) is 6.92 Å².